The first-order valence-corrected chi connectivity index (χ1v) is 5.65. The molecule has 1 saturated carbocycles. The van der Waals surface area contributed by atoms with E-state index >= 15 is 0 Å². The monoisotopic (exact) mass is 226 g/mol. The van der Waals surface area contributed by atoms with Crippen LogP contribution in [-0.4, -0.2) is 11.7 Å². The average Bonchev–Trinajstić information content (AvgIpc) is 2.97. The molecular weight excluding hydrogens is 212 g/mol. The molecule has 1 fully saturated rings. The van der Waals surface area contributed by atoms with Crippen LogP contribution in [-0.2, 0) is 0 Å². The molecule has 0 aliphatic heterocycles. The van der Waals surface area contributed by atoms with Gasteiger partial charge in [-0.25, -0.2) is 0 Å². The molecule has 0 bridgehead atoms. The first-order chi connectivity index (χ1) is 7.16. The second-order valence-corrected chi connectivity index (χ2v) is 4.55. The third-order valence-electron chi connectivity index (χ3n) is 2.60. The van der Waals surface area contributed by atoms with E-state index < -0.39 is 6.10 Å². The zero-order valence-electron chi connectivity index (χ0n) is 8.74. The average molecular weight is 227 g/mol. The molecule has 1 atom stereocenters. The number of halogens is 1. The summed E-state index contributed by atoms with van der Waals surface area (Å²) in [6.07, 6.45) is 1.99. The second-order valence-electron chi connectivity index (χ2n) is 4.11. The van der Waals surface area contributed by atoms with Gasteiger partial charge in [-0.1, -0.05) is 17.7 Å². The van der Waals surface area contributed by atoms with Gasteiger partial charge in [0.15, 0.2) is 0 Å². The summed E-state index contributed by atoms with van der Waals surface area (Å²) in [6.45, 7) is 2.47. The van der Waals surface area contributed by atoms with Crippen molar-refractivity contribution in [2.75, 3.05) is 6.61 Å². The number of rotatable bonds is 4. The van der Waals surface area contributed by atoms with Crippen LogP contribution in [0.3, 0.4) is 0 Å². The maximum Gasteiger partial charge on any atom is 0.126 e. The molecule has 2 nitrogen and oxygen atoms in total. The normalized spacial score (nSPS) is 17.5. The van der Waals surface area contributed by atoms with Gasteiger partial charge < -0.3 is 9.84 Å². The van der Waals surface area contributed by atoms with Crippen LogP contribution >= 0.6 is 11.6 Å². The highest BCUT2D eigenvalue weighted by Gasteiger charge is 2.22. The summed E-state index contributed by atoms with van der Waals surface area (Å²) in [6, 6.07) is 5.36. The fraction of sp³-hybridized carbons (Fsp3) is 0.500. The van der Waals surface area contributed by atoms with Crippen molar-refractivity contribution in [2.24, 2.45) is 5.92 Å². The van der Waals surface area contributed by atoms with Gasteiger partial charge in [0.1, 0.15) is 5.75 Å². The van der Waals surface area contributed by atoms with Gasteiger partial charge in [-0.15, -0.1) is 0 Å². The van der Waals surface area contributed by atoms with Gasteiger partial charge >= 0.3 is 0 Å². The number of aliphatic hydroxyl groups is 1. The number of hydrogen-bond donors (Lipinski definition) is 1. The minimum absolute atomic E-state index is 0.517. The summed E-state index contributed by atoms with van der Waals surface area (Å²) in [5.41, 5.74) is 0.806. The summed E-state index contributed by atoms with van der Waals surface area (Å²) in [4.78, 5) is 0. The highest BCUT2D eigenvalue weighted by Crippen LogP contribution is 2.33. The molecule has 1 unspecified atom stereocenters. The Morgan fingerprint density at radius 1 is 1.53 bits per heavy atom. The maximum atomic E-state index is 9.55. The molecule has 1 aromatic rings. The van der Waals surface area contributed by atoms with Gasteiger partial charge in [-0.2, -0.15) is 0 Å². The van der Waals surface area contributed by atoms with E-state index in [0.717, 1.165) is 12.2 Å². The SMILES string of the molecule is CC(O)c1ccc(Cl)cc1OCC1CC1. The zero-order chi connectivity index (χ0) is 10.8. The molecule has 0 aromatic heterocycles. The predicted octanol–water partition coefficient (Wildman–Crippen LogP) is 3.18. The first kappa shape index (κ1) is 10.8. The summed E-state index contributed by atoms with van der Waals surface area (Å²) >= 11 is 5.89. The Bertz CT molecular complexity index is 345. The van der Waals surface area contributed by atoms with Crippen LogP contribution in [0.15, 0.2) is 18.2 Å². The summed E-state index contributed by atoms with van der Waals surface area (Å²) in [7, 11) is 0. The van der Waals surface area contributed by atoms with Crippen molar-refractivity contribution in [3.8, 4) is 5.75 Å². The van der Waals surface area contributed by atoms with E-state index in [9.17, 15) is 5.11 Å². The van der Waals surface area contributed by atoms with Gasteiger partial charge in [0.05, 0.1) is 12.7 Å². The van der Waals surface area contributed by atoms with Crippen LogP contribution < -0.4 is 4.74 Å². The minimum Gasteiger partial charge on any atom is -0.493 e. The molecule has 1 N–H and O–H groups in total. The van der Waals surface area contributed by atoms with E-state index in [4.69, 9.17) is 16.3 Å². The highest BCUT2D eigenvalue weighted by atomic mass is 35.5. The fourth-order valence-electron chi connectivity index (χ4n) is 1.47. The van der Waals surface area contributed by atoms with E-state index in [1.807, 2.05) is 6.07 Å². The largest absolute Gasteiger partial charge is 0.493 e. The third kappa shape index (κ3) is 2.86. The lowest BCUT2D eigenvalue weighted by Crippen LogP contribution is -2.03. The fourth-order valence-corrected chi connectivity index (χ4v) is 1.63. The lowest BCUT2D eigenvalue weighted by atomic mass is 10.1. The Balaban J connectivity index is 2.13. The molecule has 0 spiro atoms. The van der Waals surface area contributed by atoms with Crippen molar-refractivity contribution in [1.82, 2.24) is 0 Å². The second kappa shape index (κ2) is 4.42. The molecule has 15 heavy (non-hydrogen) atoms. The summed E-state index contributed by atoms with van der Waals surface area (Å²) in [5.74, 6) is 1.41. The molecule has 3 heteroatoms. The van der Waals surface area contributed by atoms with Crippen LogP contribution in [0.4, 0.5) is 0 Å². The Morgan fingerprint density at radius 2 is 2.27 bits per heavy atom. The van der Waals surface area contributed by atoms with E-state index in [-0.39, 0.29) is 0 Å². The first-order valence-electron chi connectivity index (χ1n) is 5.27. The van der Waals surface area contributed by atoms with E-state index in [0.29, 0.717) is 16.7 Å². The molecule has 0 radical (unpaired) electrons. The summed E-state index contributed by atoms with van der Waals surface area (Å²) < 4.78 is 5.66. The molecule has 0 saturated heterocycles. The molecular formula is C12H15ClO2. The number of benzene rings is 1. The van der Waals surface area contributed by atoms with Gasteiger partial charge in [0.25, 0.3) is 0 Å². The Kier molecular flexibility index (Phi) is 3.17. The van der Waals surface area contributed by atoms with Crippen molar-refractivity contribution in [3.05, 3.63) is 28.8 Å². The van der Waals surface area contributed by atoms with Crippen molar-refractivity contribution < 1.29 is 9.84 Å². The van der Waals surface area contributed by atoms with Crippen LogP contribution in [0.25, 0.3) is 0 Å². The van der Waals surface area contributed by atoms with Gasteiger partial charge in [0, 0.05) is 10.6 Å². The van der Waals surface area contributed by atoms with Crippen molar-refractivity contribution >= 4 is 11.6 Å². The number of aliphatic hydroxyl groups excluding tert-OH is 1. The van der Waals surface area contributed by atoms with Crippen LogP contribution in [0.2, 0.25) is 5.02 Å². The van der Waals surface area contributed by atoms with Crippen molar-refractivity contribution in [3.63, 3.8) is 0 Å². The Labute approximate surface area is 94.8 Å². The number of hydrogen-bond acceptors (Lipinski definition) is 2. The van der Waals surface area contributed by atoms with E-state index in [1.54, 1.807) is 19.1 Å². The maximum absolute atomic E-state index is 9.55. The number of ether oxygens (including phenoxy) is 1. The van der Waals surface area contributed by atoms with Crippen LogP contribution in [0, 0.1) is 5.92 Å². The molecule has 2 rings (SSSR count). The highest BCUT2D eigenvalue weighted by molar-refractivity contribution is 6.30. The molecule has 82 valence electrons. The van der Waals surface area contributed by atoms with Crippen molar-refractivity contribution in [1.29, 1.82) is 0 Å². The molecule has 1 aliphatic rings. The molecule has 1 aromatic carbocycles. The van der Waals surface area contributed by atoms with Crippen molar-refractivity contribution in [2.45, 2.75) is 25.9 Å². The van der Waals surface area contributed by atoms with Gasteiger partial charge in [-0.3, -0.25) is 0 Å². The van der Waals surface area contributed by atoms with E-state index in [1.165, 1.54) is 12.8 Å². The minimum atomic E-state index is -0.517. The summed E-state index contributed by atoms with van der Waals surface area (Å²) in [5, 5.41) is 10.2. The Morgan fingerprint density at radius 3 is 2.87 bits per heavy atom. The zero-order valence-corrected chi connectivity index (χ0v) is 9.50. The van der Waals surface area contributed by atoms with Gasteiger partial charge in [-0.05, 0) is 37.8 Å². The molecule has 0 heterocycles. The lowest BCUT2D eigenvalue weighted by molar-refractivity contribution is 0.190. The third-order valence-corrected chi connectivity index (χ3v) is 2.83. The molecule has 1 aliphatic carbocycles. The quantitative estimate of drug-likeness (QED) is 0.855. The van der Waals surface area contributed by atoms with E-state index in [2.05, 4.69) is 0 Å². The smallest absolute Gasteiger partial charge is 0.126 e. The predicted molar refractivity (Wildman–Crippen MR) is 60.3 cm³/mol. The van der Waals surface area contributed by atoms with Gasteiger partial charge in [0.2, 0.25) is 0 Å². The topological polar surface area (TPSA) is 29.5 Å². The molecule has 0 amide bonds. The Hall–Kier alpha value is -0.730. The van der Waals surface area contributed by atoms with Crippen LogP contribution in [0.5, 0.6) is 5.75 Å². The lowest BCUT2D eigenvalue weighted by Gasteiger charge is -2.13. The van der Waals surface area contributed by atoms with Crippen LogP contribution in [0.1, 0.15) is 31.4 Å². The standard InChI is InChI=1S/C12H15ClO2/c1-8(14)11-5-4-10(13)6-12(11)15-7-9-2-3-9/h4-6,8-9,14H,2-3,7H2,1H3.